The van der Waals surface area contributed by atoms with E-state index in [0.29, 0.717) is 24.2 Å². The Bertz CT molecular complexity index is 1090. The number of nitrogens with one attached hydrogen (secondary N) is 1. The van der Waals surface area contributed by atoms with Gasteiger partial charge in [0.1, 0.15) is 6.10 Å². The fourth-order valence-electron chi connectivity index (χ4n) is 5.64. The zero-order valence-corrected chi connectivity index (χ0v) is 18.4. The largest absolute Gasteiger partial charge is 0.493 e. The van der Waals surface area contributed by atoms with E-state index in [1.807, 2.05) is 6.92 Å². The molecule has 2 heterocycles. The predicted octanol–water partition coefficient (Wildman–Crippen LogP) is 3.47. The second-order valence-corrected chi connectivity index (χ2v) is 8.55. The lowest BCUT2D eigenvalue weighted by Gasteiger charge is -2.52. The quantitative estimate of drug-likeness (QED) is 0.756. The molecular formula is C23H24N4O5. The number of hydrogen-bond acceptors (Lipinski definition) is 9. The molecule has 9 heteroatoms. The molecule has 9 nitrogen and oxygen atoms in total. The van der Waals surface area contributed by atoms with Gasteiger partial charge in [-0.2, -0.15) is 15.8 Å². The summed E-state index contributed by atoms with van der Waals surface area (Å²) in [7, 11) is 4.36. The summed E-state index contributed by atoms with van der Waals surface area (Å²) in [6.45, 7) is 2.05. The fourth-order valence-corrected chi connectivity index (χ4v) is 5.64. The maximum absolute atomic E-state index is 10.4. The fraction of sp³-hybridized carbons (Fsp3) is 0.565. The molecule has 1 aromatic carbocycles. The van der Waals surface area contributed by atoms with E-state index in [0.717, 1.165) is 6.42 Å². The molecule has 0 radical (unpaired) electrons. The van der Waals surface area contributed by atoms with Crippen LogP contribution in [0.4, 0.5) is 0 Å². The smallest absolute Gasteiger partial charge is 0.217 e. The molecule has 0 spiro atoms. The molecule has 3 fully saturated rings. The summed E-state index contributed by atoms with van der Waals surface area (Å²) in [5, 5.41) is 39.9. The number of hydrogen-bond donors (Lipinski definition) is 1. The van der Waals surface area contributed by atoms with Gasteiger partial charge in [0.05, 0.1) is 45.5 Å². The van der Waals surface area contributed by atoms with Crippen LogP contribution >= 0.6 is 0 Å². The molecule has 1 saturated carbocycles. The van der Waals surface area contributed by atoms with Crippen molar-refractivity contribution in [1.82, 2.24) is 0 Å². The van der Waals surface area contributed by atoms with Gasteiger partial charge in [0.2, 0.25) is 22.8 Å². The van der Waals surface area contributed by atoms with E-state index in [4.69, 9.17) is 29.1 Å². The van der Waals surface area contributed by atoms with Gasteiger partial charge in [-0.25, -0.2) is 0 Å². The lowest BCUT2D eigenvalue weighted by molar-refractivity contribution is -0.298. The predicted molar refractivity (Wildman–Crippen MR) is 110 cm³/mol. The Morgan fingerprint density at radius 2 is 1.72 bits per heavy atom. The van der Waals surface area contributed by atoms with Gasteiger partial charge in [-0.1, -0.05) is 6.92 Å². The zero-order chi connectivity index (χ0) is 23.3. The zero-order valence-electron chi connectivity index (χ0n) is 18.4. The van der Waals surface area contributed by atoms with Gasteiger partial charge in [-0.15, -0.1) is 0 Å². The van der Waals surface area contributed by atoms with Crippen molar-refractivity contribution in [3.63, 3.8) is 0 Å². The van der Waals surface area contributed by atoms with Crippen LogP contribution in [0.2, 0.25) is 0 Å². The molecule has 2 saturated heterocycles. The maximum Gasteiger partial charge on any atom is 0.217 e. The van der Waals surface area contributed by atoms with Crippen molar-refractivity contribution in [2.45, 2.75) is 38.1 Å². The van der Waals surface area contributed by atoms with Crippen molar-refractivity contribution >= 4 is 5.90 Å². The van der Waals surface area contributed by atoms with E-state index in [1.165, 1.54) is 21.3 Å². The van der Waals surface area contributed by atoms with Crippen molar-refractivity contribution < 1.29 is 23.7 Å². The Morgan fingerprint density at radius 1 is 1.03 bits per heavy atom. The second-order valence-electron chi connectivity index (χ2n) is 8.55. The summed E-state index contributed by atoms with van der Waals surface area (Å²) in [6, 6.07) is 9.58. The number of nitrogens with zero attached hydrogens (tertiary/aromatic N) is 3. The summed E-state index contributed by atoms with van der Waals surface area (Å²) in [5.41, 5.74) is -3.48. The van der Waals surface area contributed by atoms with Crippen molar-refractivity contribution in [3.05, 3.63) is 17.7 Å². The number of rotatable bonds is 4. The molecule has 1 aliphatic carbocycles. The Morgan fingerprint density at radius 3 is 2.28 bits per heavy atom. The molecule has 4 rings (SSSR count). The van der Waals surface area contributed by atoms with Crippen LogP contribution in [0, 0.1) is 62.1 Å². The van der Waals surface area contributed by atoms with Gasteiger partial charge >= 0.3 is 0 Å². The van der Waals surface area contributed by atoms with E-state index in [9.17, 15) is 15.8 Å². The standard InChI is InChI=1S/C23H24N4O5/c1-13-7-8-23-16(9-13)22(12-26,20(27)32-23)21(10-24,11-25)19(31-23)14-5-6-15(28-2)18(30-4)17(14)29-3/h5-6,13,16,19,27H,7-9H2,1-4H3. The van der Waals surface area contributed by atoms with Crippen LogP contribution in [-0.2, 0) is 9.47 Å². The first-order chi connectivity index (χ1) is 15.3. The van der Waals surface area contributed by atoms with Crippen LogP contribution in [-0.4, -0.2) is 33.0 Å². The van der Waals surface area contributed by atoms with E-state index in [2.05, 4.69) is 18.2 Å². The van der Waals surface area contributed by atoms with Gasteiger partial charge in [0.25, 0.3) is 0 Å². The van der Waals surface area contributed by atoms with Crippen LogP contribution in [0.1, 0.15) is 37.9 Å². The molecule has 166 valence electrons. The van der Waals surface area contributed by atoms with Crippen LogP contribution in [0.3, 0.4) is 0 Å². The number of methoxy groups -OCH3 is 3. The van der Waals surface area contributed by atoms with E-state index in [1.54, 1.807) is 12.1 Å². The average molecular weight is 436 g/mol. The van der Waals surface area contributed by atoms with Crippen molar-refractivity contribution in [3.8, 4) is 35.5 Å². The second kappa shape index (κ2) is 7.29. The molecule has 0 amide bonds. The van der Waals surface area contributed by atoms with Crippen LogP contribution < -0.4 is 14.2 Å². The minimum absolute atomic E-state index is 0.227. The summed E-state index contributed by atoms with van der Waals surface area (Å²) < 4.78 is 28.8. The topological polar surface area (TPSA) is 141 Å². The molecule has 5 unspecified atom stereocenters. The molecule has 1 aromatic rings. The SMILES string of the molecule is COc1ccc(C2OC34CCC(C)CC3C(C#N)(C(=N)O4)C2(C#N)C#N)c(OC)c1OC. The number of ether oxygens (including phenoxy) is 5. The summed E-state index contributed by atoms with van der Waals surface area (Å²) in [5.74, 6) is -1.13. The first kappa shape index (κ1) is 21.7. The lowest BCUT2D eigenvalue weighted by atomic mass is 9.50. The molecule has 1 N–H and O–H groups in total. The van der Waals surface area contributed by atoms with Crippen molar-refractivity contribution in [2.24, 2.45) is 22.7 Å². The molecule has 2 aliphatic heterocycles. The highest BCUT2D eigenvalue weighted by Gasteiger charge is 2.81. The Labute approximate surface area is 186 Å². The summed E-state index contributed by atoms with van der Waals surface area (Å²) in [6.07, 6.45) is 0.507. The van der Waals surface area contributed by atoms with Crippen molar-refractivity contribution in [1.29, 1.82) is 21.2 Å². The third kappa shape index (κ3) is 2.36. The first-order valence-corrected chi connectivity index (χ1v) is 10.3. The van der Waals surface area contributed by atoms with Crippen LogP contribution in [0.25, 0.3) is 0 Å². The van der Waals surface area contributed by atoms with Crippen LogP contribution in [0.5, 0.6) is 17.2 Å². The molecule has 5 atom stereocenters. The number of nitriles is 3. The lowest BCUT2D eigenvalue weighted by Crippen LogP contribution is -2.61. The third-order valence-corrected chi connectivity index (χ3v) is 7.19. The monoisotopic (exact) mass is 436 g/mol. The van der Waals surface area contributed by atoms with Gasteiger partial charge in [0.15, 0.2) is 16.9 Å². The van der Waals surface area contributed by atoms with Crippen molar-refractivity contribution in [2.75, 3.05) is 21.3 Å². The maximum atomic E-state index is 10.4. The summed E-state index contributed by atoms with van der Waals surface area (Å²) in [4.78, 5) is 0. The van der Waals surface area contributed by atoms with E-state index in [-0.39, 0.29) is 23.3 Å². The molecular weight excluding hydrogens is 412 g/mol. The highest BCUT2D eigenvalue weighted by atomic mass is 16.7. The highest BCUT2D eigenvalue weighted by Crippen LogP contribution is 2.70. The van der Waals surface area contributed by atoms with Gasteiger partial charge in [-0.05, 0) is 30.9 Å². The van der Waals surface area contributed by atoms with E-state index >= 15 is 0 Å². The minimum atomic E-state index is -2.05. The highest BCUT2D eigenvalue weighted by molar-refractivity contribution is 5.89. The van der Waals surface area contributed by atoms with Gasteiger partial charge in [-0.3, -0.25) is 5.41 Å². The first-order valence-electron chi connectivity index (χ1n) is 10.3. The minimum Gasteiger partial charge on any atom is -0.493 e. The third-order valence-electron chi connectivity index (χ3n) is 7.19. The molecule has 0 aromatic heterocycles. The Balaban J connectivity index is 2.03. The Kier molecular flexibility index (Phi) is 4.95. The van der Waals surface area contributed by atoms with Crippen LogP contribution in [0.15, 0.2) is 12.1 Å². The summed E-state index contributed by atoms with van der Waals surface area (Å²) >= 11 is 0. The molecule has 3 aliphatic rings. The van der Waals surface area contributed by atoms with E-state index < -0.39 is 28.6 Å². The normalized spacial score (nSPS) is 34.2. The average Bonchev–Trinajstić information content (AvgIpc) is 3.01. The molecule has 32 heavy (non-hydrogen) atoms. The Hall–Kier alpha value is -3.48. The van der Waals surface area contributed by atoms with Gasteiger partial charge < -0.3 is 23.7 Å². The van der Waals surface area contributed by atoms with Gasteiger partial charge in [0, 0.05) is 12.0 Å². The molecule has 2 bridgehead atoms. The number of benzene rings is 1.